The van der Waals surface area contributed by atoms with Gasteiger partial charge in [-0.1, -0.05) is 46.3 Å². The zero-order valence-electron chi connectivity index (χ0n) is 14.3. The monoisotopic (exact) mass is 446 g/mol. The zero-order valence-corrected chi connectivity index (χ0v) is 16.7. The molecule has 3 rings (SSSR count). The zero-order chi connectivity index (χ0) is 19.2. The number of aliphatic carboxylic acids is 1. The summed E-state index contributed by atoms with van der Waals surface area (Å²) in [5, 5.41) is 17.2. The molecule has 1 aromatic heterocycles. The number of carboxylic acids is 1. The number of halogens is 1. The van der Waals surface area contributed by atoms with Crippen molar-refractivity contribution in [3.8, 4) is 5.75 Å². The van der Waals surface area contributed by atoms with Gasteiger partial charge in [0.05, 0.1) is 0 Å². The molecule has 0 saturated heterocycles. The predicted molar refractivity (Wildman–Crippen MR) is 105 cm³/mol. The molecule has 6 nitrogen and oxygen atoms in total. The van der Waals surface area contributed by atoms with E-state index in [0.29, 0.717) is 23.8 Å². The Bertz CT molecular complexity index is 970. The molecule has 27 heavy (non-hydrogen) atoms. The highest BCUT2D eigenvalue weighted by atomic mass is 79.9. The Labute approximate surface area is 168 Å². The van der Waals surface area contributed by atoms with Gasteiger partial charge in [-0.05, 0) is 41.6 Å². The lowest BCUT2D eigenvalue weighted by Gasteiger charge is -2.10. The van der Waals surface area contributed by atoms with Crippen LogP contribution in [0.1, 0.15) is 17.0 Å². The van der Waals surface area contributed by atoms with Crippen molar-refractivity contribution in [1.82, 2.24) is 10.2 Å². The average Bonchev–Trinajstić information content (AvgIpc) is 3.06. The van der Waals surface area contributed by atoms with Gasteiger partial charge in [0.25, 0.3) is 5.22 Å². The van der Waals surface area contributed by atoms with E-state index >= 15 is 0 Å². The molecule has 0 fully saturated rings. The highest BCUT2D eigenvalue weighted by molar-refractivity contribution is 9.10. The van der Waals surface area contributed by atoms with Crippen molar-refractivity contribution in [2.75, 3.05) is 0 Å². The number of benzene rings is 2. The number of hydrogen-bond acceptors (Lipinski definition) is 6. The minimum atomic E-state index is -1.08. The van der Waals surface area contributed by atoms with E-state index in [0.717, 1.165) is 21.8 Å². The third-order valence-electron chi connectivity index (χ3n) is 3.43. The Morgan fingerprint density at radius 3 is 2.63 bits per heavy atom. The van der Waals surface area contributed by atoms with Crippen LogP contribution in [0.3, 0.4) is 0 Å². The summed E-state index contributed by atoms with van der Waals surface area (Å²) in [6.45, 7) is 2.02. The van der Waals surface area contributed by atoms with Crippen molar-refractivity contribution in [1.29, 1.82) is 0 Å². The maximum atomic E-state index is 11.6. The van der Waals surface area contributed by atoms with Crippen LogP contribution >= 0.6 is 27.7 Å². The number of hydrogen-bond donors (Lipinski definition) is 1. The Morgan fingerprint density at radius 1 is 1.22 bits per heavy atom. The standard InChI is InChI=1S/C19H15BrN2O4S/c1-12-21-22-19(26-12)27-17(18(23)24)10-14-4-2-3-5-16(14)25-11-13-6-8-15(20)9-7-13/h2-10H,11H2,1H3,(H,23,24)/b17-10-. The summed E-state index contributed by atoms with van der Waals surface area (Å²) in [6, 6.07) is 15.0. The first-order chi connectivity index (χ1) is 13.0. The molecule has 1 N–H and O–H groups in total. The first-order valence-corrected chi connectivity index (χ1v) is 9.51. The van der Waals surface area contributed by atoms with Crippen molar-refractivity contribution in [2.24, 2.45) is 0 Å². The number of nitrogens with zero attached hydrogens (tertiary/aromatic N) is 2. The Hall–Kier alpha value is -2.58. The van der Waals surface area contributed by atoms with Crippen LogP contribution in [0.5, 0.6) is 5.75 Å². The fourth-order valence-corrected chi connectivity index (χ4v) is 3.13. The molecule has 8 heteroatoms. The van der Waals surface area contributed by atoms with E-state index in [1.165, 1.54) is 6.08 Å². The summed E-state index contributed by atoms with van der Waals surface area (Å²) in [7, 11) is 0. The molecule has 0 saturated carbocycles. The number of carboxylic acid groups (broad SMARTS) is 1. The Balaban J connectivity index is 1.81. The summed E-state index contributed by atoms with van der Waals surface area (Å²) < 4.78 is 12.1. The van der Waals surface area contributed by atoms with Gasteiger partial charge in [-0.2, -0.15) is 0 Å². The number of aromatic nitrogens is 2. The molecule has 0 aliphatic carbocycles. The highest BCUT2D eigenvalue weighted by Crippen LogP contribution is 2.30. The summed E-state index contributed by atoms with van der Waals surface area (Å²) in [5.74, 6) is -0.125. The molecular weight excluding hydrogens is 432 g/mol. The topological polar surface area (TPSA) is 85.5 Å². The van der Waals surface area contributed by atoms with E-state index in [9.17, 15) is 9.90 Å². The van der Waals surface area contributed by atoms with Crippen LogP contribution in [0.4, 0.5) is 0 Å². The lowest BCUT2D eigenvalue weighted by molar-refractivity contribution is -0.131. The van der Waals surface area contributed by atoms with Gasteiger partial charge in [-0.3, -0.25) is 0 Å². The summed E-state index contributed by atoms with van der Waals surface area (Å²) in [5.41, 5.74) is 1.65. The van der Waals surface area contributed by atoms with Gasteiger partial charge in [-0.15, -0.1) is 10.2 Å². The minimum Gasteiger partial charge on any atom is -0.488 e. The third-order valence-corrected chi connectivity index (χ3v) is 4.81. The van der Waals surface area contributed by atoms with Gasteiger partial charge < -0.3 is 14.3 Å². The van der Waals surface area contributed by atoms with E-state index in [2.05, 4.69) is 26.1 Å². The Kier molecular flexibility index (Phi) is 6.31. The largest absolute Gasteiger partial charge is 0.488 e. The number of rotatable bonds is 7. The normalized spacial score (nSPS) is 11.4. The lowest BCUT2D eigenvalue weighted by Crippen LogP contribution is -1.99. The quantitative estimate of drug-likeness (QED) is 0.406. The second-order valence-corrected chi connectivity index (χ2v) is 7.36. The number of thioether (sulfide) groups is 1. The molecular formula is C19H15BrN2O4S. The van der Waals surface area contributed by atoms with E-state index < -0.39 is 5.97 Å². The molecule has 0 spiro atoms. The summed E-state index contributed by atoms with van der Waals surface area (Å²) >= 11 is 4.30. The van der Waals surface area contributed by atoms with Crippen molar-refractivity contribution in [2.45, 2.75) is 18.8 Å². The smallest absolute Gasteiger partial charge is 0.342 e. The second-order valence-electron chi connectivity index (χ2n) is 5.46. The first-order valence-electron chi connectivity index (χ1n) is 7.90. The number of para-hydroxylation sites is 1. The number of carbonyl (C=O) groups is 1. The maximum Gasteiger partial charge on any atom is 0.342 e. The van der Waals surface area contributed by atoms with Crippen molar-refractivity contribution in [3.05, 3.63) is 74.9 Å². The van der Waals surface area contributed by atoms with Crippen LogP contribution in [0.25, 0.3) is 6.08 Å². The maximum absolute atomic E-state index is 11.6. The Morgan fingerprint density at radius 2 is 1.96 bits per heavy atom. The molecule has 0 aliphatic heterocycles. The van der Waals surface area contributed by atoms with Gasteiger partial charge >= 0.3 is 5.97 Å². The molecule has 0 bridgehead atoms. The third kappa shape index (κ3) is 5.45. The van der Waals surface area contributed by atoms with E-state index in [4.69, 9.17) is 9.15 Å². The summed E-state index contributed by atoms with van der Waals surface area (Å²) in [6.07, 6.45) is 1.53. The average molecular weight is 447 g/mol. The summed E-state index contributed by atoms with van der Waals surface area (Å²) in [4.78, 5) is 11.7. The van der Waals surface area contributed by atoms with Crippen molar-refractivity contribution >= 4 is 39.7 Å². The van der Waals surface area contributed by atoms with Gasteiger partial charge in [-0.25, -0.2) is 4.79 Å². The number of ether oxygens (including phenoxy) is 1. The molecule has 0 atom stereocenters. The van der Waals surface area contributed by atoms with Gasteiger partial charge in [0.15, 0.2) is 0 Å². The molecule has 3 aromatic rings. The van der Waals surface area contributed by atoms with Crippen LogP contribution in [0.2, 0.25) is 0 Å². The molecule has 0 radical (unpaired) electrons. The molecule has 0 unspecified atom stereocenters. The van der Waals surface area contributed by atoms with Crippen molar-refractivity contribution in [3.63, 3.8) is 0 Å². The number of aryl methyl sites for hydroxylation is 1. The first kappa shape index (κ1) is 19.2. The van der Waals surface area contributed by atoms with Crippen LogP contribution < -0.4 is 4.74 Å². The van der Waals surface area contributed by atoms with E-state index in [-0.39, 0.29) is 10.1 Å². The van der Waals surface area contributed by atoms with Crippen LogP contribution in [-0.4, -0.2) is 21.3 Å². The predicted octanol–water partition coefficient (Wildman–Crippen LogP) is 4.94. The lowest BCUT2D eigenvalue weighted by atomic mass is 10.2. The molecule has 0 aliphatic rings. The molecule has 2 aromatic carbocycles. The molecule has 1 heterocycles. The SMILES string of the molecule is Cc1nnc(S/C(=C\c2ccccc2OCc2ccc(Br)cc2)C(=O)O)o1. The second kappa shape index (κ2) is 8.88. The van der Waals surface area contributed by atoms with Gasteiger partial charge in [0.2, 0.25) is 5.89 Å². The van der Waals surface area contributed by atoms with Gasteiger partial charge in [0.1, 0.15) is 17.3 Å². The van der Waals surface area contributed by atoms with E-state index in [1.54, 1.807) is 19.1 Å². The van der Waals surface area contributed by atoms with Gasteiger partial charge in [0, 0.05) is 17.0 Å². The van der Waals surface area contributed by atoms with Crippen molar-refractivity contribution < 1.29 is 19.1 Å². The van der Waals surface area contributed by atoms with E-state index in [1.807, 2.05) is 36.4 Å². The van der Waals surface area contributed by atoms with Crippen LogP contribution in [0.15, 0.2) is 67.5 Å². The minimum absolute atomic E-state index is 0.0540. The van der Waals surface area contributed by atoms with Crippen LogP contribution in [0, 0.1) is 6.92 Å². The molecule has 138 valence electrons. The fraction of sp³-hybridized carbons (Fsp3) is 0.105. The fourth-order valence-electron chi connectivity index (χ4n) is 2.16. The highest BCUT2D eigenvalue weighted by Gasteiger charge is 2.15. The molecule has 0 amide bonds. The van der Waals surface area contributed by atoms with Crippen LogP contribution in [-0.2, 0) is 11.4 Å².